The van der Waals surface area contributed by atoms with E-state index >= 15 is 0 Å². The first-order valence-corrected chi connectivity index (χ1v) is 10.8. The number of allylic oxidation sites excluding steroid dienone is 2. The molecule has 158 valence electrons. The molecule has 0 bridgehead atoms. The van der Waals surface area contributed by atoms with Gasteiger partial charge in [-0.2, -0.15) is 0 Å². The van der Waals surface area contributed by atoms with Crippen LogP contribution in [-0.2, 0) is 17.8 Å². The summed E-state index contributed by atoms with van der Waals surface area (Å²) in [5, 5.41) is 0. The Hall–Kier alpha value is -3.23. The third kappa shape index (κ3) is 7.51. The second kappa shape index (κ2) is 11.8. The van der Waals surface area contributed by atoms with E-state index in [2.05, 4.69) is 55.1 Å². The van der Waals surface area contributed by atoms with Gasteiger partial charge in [-0.05, 0) is 54.5 Å². The van der Waals surface area contributed by atoms with Gasteiger partial charge >= 0.3 is 0 Å². The number of hydrogen-bond acceptors (Lipinski definition) is 2. The highest BCUT2D eigenvalue weighted by Gasteiger charge is 2.00. The summed E-state index contributed by atoms with van der Waals surface area (Å²) in [6.07, 6.45) is 6.67. The lowest BCUT2D eigenvalue weighted by Crippen LogP contribution is -1.97. The molecule has 3 aromatic carbocycles. The first-order chi connectivity index (χ1) is 15.1. The van der Waals surface area contributed by atoms with Crippen molar-refractivity contribution >= 4 is 17.4 Å². The number of ketones is 1. The van der Waals surface area contributed by atoms with Crippen LogP contribution in [0.4, 0.5) is 0 Å². The predicted molar refractivity (Wildman–Crippen MR) is 130 cm³/mol. The van der Waals surface area contributed by atoms with Gasteiger partial charge in [0, 0.05) is 12.2 Å². The fraction of sp³-hybridized carbons (Fsp3) is 0.207. The molecule has 0 aliphatic heterocycles. The molecule has 0 amide bonds. The second-order valence-electron chi connectivity index (χ2n) is 7.79. The van der Waals surface area contributed by atoms with Crippen molar-refractivity contribution in [3.8, 4) is 0 Å². The summed E-state index contributed by atoms with van der Waals surface area (Å²) in [5.41, 5.74) is 6.50. The molecule has 0 radical (unpaired) electrons. The molecular formula is C29H30O2. The third-order valence-corrected chi connectivity index (χ3v) is 5.18. The number of benzene rings is 3. The minimum absolute atomic E-state index is 0.0245. The smallest absolute Gasteiger partial charge is 0.185 e. The highest BCUT2D eigenvalue weighted by molar-refractivity contribution is 6.06. The molecule has 0 heterocycles. The van der Waals surface area contributed by atoms with Gasteiger partial charge in [-0.25, -0.2) is 0 Å². The maximum Gasteiger partial charge on any atom is 0.185 e. The summed E-state index contributed by atoms with van der Waals surface area (Å²) in [5.74, 6) is 0.0245. The Bertz CT molecular complexity index is 997. The molecule has 0 N–H and O–H groups in total. The molecular weight excluding hydrogens is 380 g/mol. The van der Waals surface area contributed by atoms with Gasteiger partial charge in [-0.15, -0.1) is 0 Å². The molecule has 2 nitrogen and oxygen atoms in total. The Kier molecular flexibility index (Phi) is 8.57. The van der Waals surface area contributed by atoms with Crippen molar-refractivity contribution in [2.75, 3.05) is 6.61 Å². The lowest BCUT2D eigenvalue weighted by molar-refractivity contribution is 0.104. The van der Waals surface area contributed by atoms with Crippen LogP contribution in [-0.4, -0.2) is 12.4 Å². The fourth-order valence-corrected chi connectivity index (χ4v) is 3.27. The fourth-order valence-electron chi connectivity index (χ4n) is 3.27. The van der Waals surface area contributed by atoms with Crippen molar-refractivity contribution < 1.29 is 9.53 Å². The van der Waals surface area contributed by atoms with Crippen molar-refractivity contribution in [2.24, 2.45) is 0 Å². The molecule has 3 aromatic rings. The van der Waals surface area contributed by atoms with E-state index in [1.165, 1.54) is 16.7 Å². The minimum atomic E-state index is 0.0245. The molecule has 31 heavy (non-hydrogen) atoms. The zero-order chi connectivity index (χ0) is 21.9. The minimum Gasteiger partial charge on any atom is -0.377 e. The quantitative estimate of drug-likeness (QED) is 0.190. The summed E-state index contributed by atoms with van der Waals surface area (Å²) in [7, 11) is 0. The van der Waals surface area contributed by atoms with Gasteiger partial charge in [0.15, 0.2) is 5.78 Å². The van der Waals surface area contributed by atoms with Crippen LogP contribution < -0.4 is 0 Å². The Balaban J connectivity index is 1.34. The number of ether oxygens (including phenoxy) is 1. The van der Waals surface area contributed by atoms with Crippen LogP contribution >= 0.6 is 0 Å². The topological polar surface area (TPSA) is 26.3 Å². The highest BCUT2D eigenvalue weighted by Crippen LogP contribution is 2.14. The SMILES string of the molecule is C=C(C)c1ccc(COCCCCc2ccc(C=CC(=O)c3ccccc3)cc2)cc1. The van der Waals surface area contributed by atoms with Gasteiger partial charge in [-0.1, -0.05) is 97.1 Å². The van der Waals surface area contributed by atoms with E-state index in [0.717, 1.165) is 37.0 Å². The van der Waals surface area contributed by atoms with Gasteiger partial charge in [0.05, 0.1) is 6.61 Å². The average molecular weight is 411 g/mol. The zero-order valence-corrected chi connectivity index (χ0v) is 18.2. The molecule has 0 aliphatic rings. The molecule has 0 fully saturated rings. The van der Waals surface area contributed by atoms with E-state index < -0.39 is 0 Å². The van der Waals surface area contributed by atoms with Gasteiger partial charge < -0.3 is 4.74 Å². The molecule has 2 heteroatoms. The van der Waals surface area contributed by atoms with Crippen LogP contribution in [0.1, 0.15) is 52.4 Å². The average Bonchev–Trinajstić information content (AvgIpc) is 2.81. The van der Waals surface area contributed by atoms with Crippen LogP contribution in [0.5, 0.6) is 0 Å². The van der Waals surface area contributed by atoms with Crippen LogP contribution in [0, 0.1) is 0 Å². The predicted octanol–water partition coefficient (Wildman–Crippen LogP) is 7.16. The molecule has 0 aromatic heterocycles. The first-order valence-electron chi connectivity index (χ1n) is 10.8. The lowest BCUT2D eigenvalue weighted by atomic mass is 10.0. The van der Waals surface area contributed by atoms with Gasteiger partial charge in [-0.3, -0.25) is 4.79 Å². The van der Waals surface area contributed by atoms with Crippen LogP contribution in [0.2, 0.25) is 0 Å². The maximum atomic E-state index is 12.1. The van der Waals surface area contributed by atoms with Crippen molar-refractivity contribution in [3.63, 3.8) is 0 Å². The summed E-state index contributed by atoms with van der Waals surface area (Å²) in [6, 6.07) is 26.1. The van der Waals surface area contributed by atoms with Crippen molar-refractivity contribution in [1.29, 1.82) is 0 Å². The number of hydrogen-bond donors (Lipinski definition) is 0. The Morgan fingerprint density at radius 3 is 2.19 bits per heavy atom. The molecule has 0 aliphatic carbocycles. The number of unbranched alkanes of at least 4 members (excludes halogenated alkanes) is 1. The number of aryl methyl sites for hydroxylation is 1. The van der Waals surface area contributed by atoms with Crippen LogP contribution in [0.15, 0.2) is 91.5 Å². The second-order valence-corrected chi connectivity index (χ2v) is 7.79. The highest BCUT2D eigenvalue weighted by atomic mass is 16.5. The standard InChI is InChI=1S/C29H30O2/c1-23(2)27-18-15-26(16-19-27)22-31-21-7-6-8-24-11-13-25(14-12-24)17-20-29(30)28-9-4-3-5-10-28/h3-5,9-20H,1,6-8,21-22H2,2H3. The molecule has 0 saturated carbocycles. The van der Waals surface area contributed by atoms with E-state index in [4.69, 9.17) is 4.74 Å². The lowest BCUT2D eigenvalue weighted by Gasteiger charge is -2.06. The van der Waals surface area contributed by atoms with E-state index in [9.17, 15) is 4.79 Å². The van der Waals surface area contributed by atoms with Crippen LogP contribution in [0.3, 0.4) is 0 Å². The summed E-state index contributed by atoms with van der Waals surface area (Å²) in [6.45, 7) is 7.40. The van der Waals surface area contributed by atoms with Crippen molar-refractivity contribution in [3.05, 3.63) is 119 Å². The van der Waals surface area contributed by atoms with Gasteiger partial charge in [0.1, 0.15) is 0 Å². The Morgan fingerprint density at radius 1 is 0.839 bits per heavy atom. The van der Waals surface area contributed by atoms with Crippen molar-refractivity contribution in [2.45, 2.75) is 32.8 Å². The van der Waals surface area contributed by atoms with E-state index in [1.54, 1.807) is 6.08 Å². The van der Waals surface area contributed by atoms with Crippen LogP contribution in [0.25, 0.3) is 11.6 Å². The Labute approximate surface area is 185 Å². The molecule has 3 rings (SSSR count). The first kappa shape index (κ1) is 22.5. The monoisotopic (exact) mass is 410 g/mol. The van der Waals surface area contributed by atoms with Gasteiger partial charge in [0.25, 0.3) is 0 Å². The third-order valence-electron chi connectivity index (χ3n) is 5.18. The molecule has 0 saturated heterocycles. The normalized spacial score (nSPS) is 11.0. The largest absolute Gasteiger partial charge is 0.377 e. The number of carbonyl (C=O) groups excluding carboxylic acids is 1. The van der Waals surface area contributed by atoms with Crippen molar-refractivity contribution in [1.82, 2.24) is 0 Å². The van der Waals surface area contributed by atoms with E-state index in [1.807, 2.05) is 43.3 Å². The number of carbonyl (C=O) groups is 1. The number of rotatable bonds is 11. The Morgan fingerprint density at radius 2 is 1.52 bits per heavy atom. The van der Waals surface area contributed by atoms with E-state index in [-0.39, 0.29) is 5.78 Å². The summed E-state index contributed by atoms with van der Waals surface area (Å²) >= 11 is 0. The van der Waals surface area contributed by atoms with Gasteiger partial charge in [0.2, 0.25) is 0 Å². The molecule has 0 unspecified atom stereocenters. The molecule has 0 atom stereocenters. The molecule has 0 spiro atoms. The summed E-state index contributed by atoms with van der Waals surface area (Å²) in [4.78, 5) is 12.1. The maximum absolute atomic E-state index is 12.1. The zero-order valence-electron chi connectivity index (χ0n) is 18.2. The van der Waals surface area contributed by atoms with E-state index in [0.29, 0.717) is 12.2 Å². The summed E-state index contributed by atoms with van der Waals surface area (Å²) < 4.78 is 5.80.